The molecule has 47 heavy (non-hydrogen) atoms. The maximum absolute atomic E-state index is 15.7. The molecule has 3 fully saturated rings. The molecule has 4 aliphatic heterocycles. The van der Waals surface area contributed by atoms with Crippen LogP contribution in [0.2, 0.25) is 0 Å². The molecule has 0 spiro atoms. The maximum Gasteiger partial charge on any atom is 0.323 e. The summed E-state index contributed by atoms with van der Waals surface area (Å²) in [6, 6.07) is 7.64. The van der Waals surface area contributed by atoms with Crippen LogP contribution < -0.4 is 25.2 Å². The van der Waals surface area contributed by atoms with Crippen molar-refractivity contribution in [2.45, 2.75) is 57.9 Å². The lowest BCUT2D eigenvalue weighted by Crippen LogP contribution is -2.44. The molecular weight excluding hydrogens is 607 g/mol. The van der Waals surface area contributed by atoms with Gasteiger partial charge in [-0.25, -0.2) is 19.2 Å². The number of fused-ring (bicyclic) bond motifs is 3. The molecule has 2 bridgehead atoms. The average Bonchev–Trinajstić information content (AvgIpc) is 3.66. The van der Waals surface area contributed by atoms with E-state index >= 15 is 4.39 Å². The number of ether oxygens (including phenoxy) is 3. The summed E-state index contributed by atoms with van der Waals surface area (Å²) in [5, 5.41) is 5.28. The highest BCUT2D eigenvalue weighted by atomic mass is 19.1. The molecule has 3 amide bonds. The zero-order chi connectivity index (χ0) is 32.9. The van der Waals surface area contributed by atoms with Crippen molar-refractivity contribution < 1.29 is 28.2 Å². The van der Waals surface area contributed by atoms with Crippen LogP contribution in [0.15, 0.2) is 36.5 Å². The van der Waals surface area contributed by atoms with Crippen molar-refractivity contribution in [2.75, 3.05) is 66.4 Å². The molecule has 0 aliphatic carbocycles. The fourth-order valence-corrected chi connectivity index (χ4v) is 6.65. The number of amides is 3. The number of aromatic nitrogens is 3. The van der Waals surface area contributed by atoms with Crippen LogP contribution in [0, 0.1) is 5.82 Å². The predicted octanol–water partition coefficient (Wildman–Crippen LogP) is 4.16. The number of hydrogen-bond donors (Lipinski definition) is 2. The van der Waals surface area contributed by atoms with Crippen LogP contribution in [0.5, 0.6) is 5.88 Å². The van der Waals surface area contributed by atoms with Gasteiger partial charge in [0, 0.05) is 25.2 Å². The van der Waals surface area contributed by atoms with Crippen molar-refractivity contribution in [3.8, 4) is 17.1 Å². The lowest BCUT2D eigenvalue weighted by atomic mass is 10.0. The summed E-state index contributed by atoms with van der Waals surface area (Å²) in [4.78, 5) is 46.6. The molecule has 3 unspecified atom stereocenters. The molecule has 0 radical (unpaired) electrons. The molecule has 4 aliphatic rings. The summed E-state index contributed by atoms with van der Waals surface area (Å²) in [5.41, 5.74) is 0.488. The zero-order valence-corrected chi connectivity index (χ0v) is 27.0. The van der Waals surface area contributed by atoms with Gasteiger partial charge in [-0.1, -0.05) is 6.07 Å². The molecule has 7 rings (SSSR count). The molecule has 2 N–H and O–H groups in total. The number of nitrogens with zero attached hydrogens (tertiary/aromatic N) is 6. The average molecular weight is 647 g/mol. The minimum absolute atomic E-state index is 0.0190. The Bertz CT molecular complexity index is 1690. The number of benzene rings is 1. The van der Waals surface area contributed by atoms with Gasteiger partial charge in [0.2, 0.25) is 11.8 Å². The Morgan fingerprint density at radius 2 is 1.98 bits per heavy atom. The van der Waals surface area contributed by atoms with Gasteiger partial charge in [0.25, 0.3) is 5.91 Å². The SMILES string of the molecule is CCN1CC(C)(C)Oc2nc(N3CCOCC3C)nc(-c3ccc(NC(=O)Nc4ccc(N5CC6CC5CO6)nc4)c(F)c3)c2C1=O. The number of likely N-dealkylation sites (N-methyl/N-ethyl adjacent to an activating group) is 1. The summed E-state index contributed by atoms with van der Waals surface area (Å²) >= 11 is 0. The molecule has 3 saturated heterocycles. The van der Waals surface area contributed by atoms with Gasteiger partial charge in [0.1, 0.15) is 22.8 Å². The van der Waals surface area contributed by atoms with E-state index in [9.17, 15) is 9.59 Å². The smallest absolute Gasteiger partial charge is 0.323 e. The molecule has 14 heteroatoms. The lowest BCUT2D eigenvalue weighted by Gasteiger charge is -2.34. The number of hydrogen-bond acceptors (Lipinski definition) is 10. The first-order chi connectivity index (χ1) is 22.6. The normalized spacial score (nSPS) is 23.3. The Labute approximate surface area is 272 Å². The van der Waals surface area contributed by atoms with Crippen molar-refractivity contribution >= 4 is 35.1 Å². The van der Waals surface area contributed by atoms with E-state index in [2.05, 4.69) is 20.5 Å². The van der Waals surface area contributed by atoms with Gasteiger partial charge in [-0.2, -0.15) is 4.98 Å². The van der Waals surface area contributed by atoms with Crippen LogP contribution in [0.3, 0.4) is 0 Å². The van der Waals surface area contributed by atoms with Crippen molar-refractivity contribution in [3.05, 3.63) is 47.9 Å². The number of carbonyl (C=O) groups is 2. The standard InChI is InChI=1S/C33H39FN8O5/c1-5-40-18-33(3,4)47-29-27(30(40)43)28(38-31(39-29)41-10-11-45-16-19(41)2)20-6-8-25(24(34)12-20)37-32(44)36-21-7-9-26(35-14-21)42-15-23-13-22(42)17-46-23/h6-9,12,14,19,22-23H,5,10-11,13,15-18H2,1-4H3,(H2,36,37,44). The Morgan fingerprint density at radius 3 is 2.66 bits per heavy atom. The largest absolute Gasteiger partial charge is 0.469 e. The Balaban J connectivity index is 1.14. The second kappa shape index (κ2) is 12.2. The van der Waals surface area contributed by atoms with Gasteiger partial charge in [0.05, 0.1) is 67.8 Å². The fraction of sp³-hybridized carbons (Fsp3) is 0.485. The van der Waals surface area contributed by atoms with Crippen LogP contribution >= 0.6 is 0 Å². The number of rotatable bonds is 6. The predicted molar refractivity (Wildman–Crippen MR) is 174 cm³/mol. The molecule has 3 atom stereocenters. The van der Waals surface area contributed by atoms with E-state index in [1.165, 1.54) is 12.1 Å². The molecular formula is C33H39FN8O5. The molecule has 6 heterocycles. The lowest BCUT2D eigenvalue weighted by molar-refractivity contribution is 0.0541. The van der Waals surface area contributed by atoms with Crippen LogP contribution in [0.25, 0.3) is 11.3 Å². The Morgan fingerprint density at radius 1 is 1.13 bits per heavy atom. The first kappa shape index (κ1) is 31.1. The van der Waals surface area contributed by atoms with E-state index in [1.807, 2.05) is 38.7 Å². The number of morpholine rings is 2. The minimum Gasteiger partial charge on any atom is -0.469 e. The zero-order valence-electron chi connectivity index (χ0n) is 27.0. The van der Waals surface area contributed by atoms with E-state index in [1.54, 1.807) is 23.2 Å². The van der Waals surface area contributed by atoms with Crippen LogP contribution in [-0.2, 0) is 9.47 Å². The molecule has 0 saturated carbocycles. The van der Waals surface area contributed by atoms with Gasteiger partial charge >= 0.3 is 6.03 Å². The van der Waals surface area contributed by atoms with E-state index in [0.717, 1.165) is 18.8 Å². The highest BCUT2D eigenvalue weighted by Crippen LogP contribution is 2.37. The van der Waals surface area contributed by atoms with Gasteiger partial charge in [-0.05, 0) is 58.4 Å². The molecule has 13 nitrogen and oxygen atoms in total. The van der Waals surface area contributed by atoms with Crippen molar-refractivity contribution in [2.24, 2.45) is 0 Å². The van der Waals surface area contributed by atoms with Gasteiger partial charge in [-0.3, -0.25) is 4.79 Å². The summed E-state index contributed by atoms with van der Waals surface area (Å²) in [6.07, 6.45) is 2.83. The van der Waals surface area contributed by atoms with Gasteiger partial charge in [-0.15, -0.1) is 0 Å². The third kappa shape index (κ3) is 6.14. The summed E-state index contributed by atoms with van der Waals surface area (Å²) in [5.74, 6) is 0.367. The monoisotopic (exact) mass is 646 g/mol. The first-order valence-electron chi connectivity index (χ1n) is 16.1. The van der Waals surface area contributed by atoms with Crippen molar-refractivity contribution in [3.63, 3.8) is 0 Å². The van der Waals surface area contributed by atoms with Crippen LogP contribution in [-0.4, -0.2) is 102 Å². The number of halogens is 1. The van der Waals surface area contributed by atoms with E-state index in [4.69, 9.17) is 24.2 Å². The number of anilines is 4. The molecule has 248 valence electrons. The maximum atomic E-state index is 15.7. The Kier molecular flexibility index (Phi) is 8.08. The second-order valence-corrected chi connectivity index (χ2v) is 13.0. The van der Waals surface area contributed by atoms with Crippen molar-refractivity contribution in [1.29, 1.82) is 0 Å². The molecule has 1 aromatic carbocycles. The van der Waals surface area contributed by atoms with E-state index < -0.39 is 17.4 Å². The van der Waals surface area contributed by atoms with Gasteiger partial charge in [0.15, 0.2) is 0 Å². The minimum atomic E-state index is -0.721. The third-order valence-electron chi connectivity index (χ3n) is 9.01. The van der Waals surface area contributed by atoms with Gasteiger partial charge < -0.3 is 39.5 Å². The fourth-order valence-electron chi connectivity index (χ4n) is 6.65. The first-order valence-corrected chi connectivity index (χ1v) is 16.1. The number of carbonyl (C=O) groups excluding carboxylic acids is 2. The van der Waals surface area contributed by atoms with Crippen LogP contribution in [0.1, 0.15) is 44.5 Å². The van der Waals surface area contributed by atoms with Crippen LogP contribution in [0.4, 0.5) is 32.3 Å². The number of nitrogens with one attached hydrogen (secondary N) is 2. The highest BCUT2D eigenvalue weighted by molar-refractivity contribution is 6.03. The quantitative estimate of drug-likeness (QED) is 0.402. The highest BCUT2D eigenvalue weighted by Gasteiger charge is 2.40. The van der Waals surface area contributed by atoms with E-state index in [0.29, 0.717) is 62.7 Å². The number of pyridine rings is 1. The Hall–Kier alpha value is -4.56. The molecule has 3 aromatic rings. The van der Waals surface area contributed by atoms with Crippen molar-refractivity contribution in [1.82, 2.24) is 19.9 Å². The topological polar surface area (TPSA) is 134 Å². The second-order valence-electron chi connectivity index (χ2n) is 13.0. The number of urea groups is 1. The van der Waals surface area contributed by atoms with E-state index in [-0.39, 0.29) is 40.9 Å². The summed E-state index contributed by atoms with van der Waals surface area (Å²) < 4.78 is 33.3. The third-order valence-corrected chi connectivity index (χ3v) is 9.01. The summed E-state index contributed by atoms with van der Waals surface area (Å²) in [7, 11) is 0. The summed E-state index contributed by atoms with van der Waals surface area (Å²) in [6.45, 7) is 11.6. The molecule has 2 aromatic heterocycles.